The minimum Gasteiger partial charge on any atom is -0.394 e. The molecule has 30 heavy (non-hydrogen) atoms. The van der Waals surface area contributed by atoms with Gasteiger partial charge in [0.25, 0.3) is 5.91 Å². The zero-order valence-electron chi connectivity index (χ0n) is 17.2. The molecule has 1 aromatic heterocycles. The van der Waals surface area contributed by atoms with Crippen LogP contribution in [0.15, 0.2) is 34.9 Å². The van der Waals surface area contributed by atoms with Crippen LogP contribution in [0.3, 0.4) is 0 Å². The average molecular weight is 416 g/mol. The first-order valence-electron chi connectivity index (χ1n) is 10.1. The quantitative estimate of drug-likeness (QED) is 0.548. The Morgan fingerprint density at radius 1 is 1.20 bits per heavy atom. The molecule has 9 heteroatoms. The first-order chi connectivity index (χ1) is 14.5. The van der Waals surface area contributed by atoms with E-state index in [1.807, 2.05) is 6.07 Å². The molecule has 0 radical (unpaired) electrons. The SMILES string of the molecule is Cc1noc(C)c1NC(=O)NCC[C@@H]1CC[C@H](NC(=O)c2ccccc2)[C@H](CO)O1. The molecule has 3 atom stereocenters. The third kappa shape index (κ3) is 5.58. The van der Waals surface area contributed by atoms with Gasteiger partial charge in [0.2, 0.25) is 0 Å². The third-order valence-electron chi connectivity index (χ3n) is 5.17. The fraction of sp³-hybridized carbons (Fsp3) is 0.476. The maximum absolute atomic E-state index is 12.4. The Labute approximate surface area is 175 Å². The Morgan fingerprint density at radius 3 is 2.63 bits per heavy atom. The lowest BCUT2D eigenvalue weighted by atomic mass is 9.96. The van der Waals surface area contributed by atoms with Gasteiger partial charge in [-0.15, -0.1) is 0 Å². The average Bonchev–Trinajstić information content (AvgIpc) is 3.07. The number of amides is 3. The highest BCUT2D eigenvalue weighted by Gasteiger charge is 2.32. The number of carbonyl (C=O) groups excluding carboxylic acids is 2. The maximum atomic E-state index is 12.4. The Morgan fingerprint density at radius 2 is 1.97 bits per heavy atom. The number of hydrogen-bond donors (Lipinski definition) is 4. The van der Waals surface area contributed by atoms with Crippen molar-refractivity contribution < 1.29 is 24.0 Å². The summed E-state index contributed by atoms with van der Waals surface area (Å²) in [5, 5.41) is 22.0. The number of aryl methyl sites for hydroxylation is 2. The van der Waals surface area contributed by atoms with E-state index in [4.69, 9.17) is 9.26 Å². The van der Waals surface area contributed by atoms with E-state index in [1.54, 1.807) is 38.1 Å². The summed E-state index contributed by atoms with van der Waals surface area (Å²) in [6.07, 6.45) is 1.44. The molecule has 4 N–H and O–H groups in total. The van der Waals surface area contributed by atoms with E-state index in [1.165, 1.54) is 0 Å². The summed E-state index contributed by atoms with van der Waals surface area (Å²) in [7, 11) is 0. The van der Waals surface area contributed by atoms with Gasteiger partial charge in [-0.1, -0.05) is 23.4 Å². The minimum absolute atomic E-state index is 0.105. The predicted molar refractivity (Wildman–Crippen MR) is 110 cm³/mol. The molecule has 0 unspecified atom stereocenters. The van der Waals surface area contributed by atoms with Gasteiger partial charge in [0.15, 0.2) is 5.76 Å². The topological polar surface area (TPSA) is 126 Å². The van der Waals surface area contributed by atoms with Crippen molar-refractivity contribution in [3.8, 4) is 0 Å². The van der Waals surface area contributed by atoms with E-state index >= 15 is 0 Å². The monoisotopic (exact) mass is 416 g/mol. The number of aromatic nitrogens is 1. The van der Waals surface area contributed by atoms with E-state index in [9.17, 15) is 14.7 Å². The van der Waals surface area contributed by atoms with Crippen LogP contribution in [-0.4, -0.2) is 53.6 Å². The highest BCUT2D eigenvalue weighted by molar-refractivity contribution is 5.94. The van der Waals surface area contributed by atoms with E-state index in [0.717, 1.165) is 6.42 Å². The molecule has 1 aromatic carbocycles. The summed E-state index contributed by atoms with van der Waals surface area (Å²) in [5.74, 6) is 0.367. The number of benzene rings is 1. The molecule has 2 heterocycles. The molecule has 3 rings (SSSR count). The molecule has 2 aromatic rings. The van der Waals surface area contributed by atoms with Crippen LogP contribution in [0.4, 0.5) is 10.5 Å². The standard InChI is InChI=1S/C21H28N4O5/c1-13-19(14(2)30-25-13)24-21(28)22-11-10-16-8-9-17(18(12-26)29-16)23-20(27)15-6-4-3-5-7-15/h3-7,16-18,26H,8-12H2,1-2H3,(H,23,27)(H2,22,24,28)/t16-,17-,18-/m0/s1. The van der Waals surface area contributed by atoms with Gasteiger partial charge >= 0.3 is 6.03 Å². The molecule has 0 saturated carbocycles. The highest BCUT2D eigenvalue weighted by Crippen LogP contribution is 2.22. The van der Waals surface area contributed by atoms with Crippen LogP contribution in [0.5, 0.6) is 0 Å². The van der Waals surface area contributed by atoms with Crippen LogP contribution in [0.1, 0.15) is 41.1 Å². The van der Waals surface area contributed by atoms with Crippen molar-refractivity contribution in [1.82, 2.24) is 15.8 Å². The fourth-order valence-corrected chi connectivity index (χ4v) is 3.52. The summed E-state index contributed by atoms with van der Waals surface area (Å²) in [4.78, 5) is 24.4. The number of anilines is 1. The predicted octanol–water partition coefficient (Wildman–Crippen LogP) is 2.14. The molecule has 3 amide bonds. The number of carbonyl (C=O) groups is 2. The normalized spacial score (nSPS) is 21.1. The Balaban J connectivity index is 1.42. The second kappa shape index (κ2) is 10.2. The van der Waals surface area contributed by atoms with Crippen molar-refractivity contribution in [2.24, 2.45) is 0 Å². The molecular weight excluding hydrogens is 388 g/mol. The molecule has 1 aliphatic rings. The van der Waals surface area contributed by atoms with E-state index in [-0.39, 0.29) is 30.7 Å². The largest absolute Gasteiger partial charge is 0.394 e. The Bertz CT molecular complexity index is 835. The second-order valence-electron chi connectivity index (χ2n) is 7.37. The van der Waals surface area contributed by atoms with Crippen molar-refractivity contribution >= 4 is 17.6 Å². The molecule has 0 spiro atoms. The lowest BCUT2D eigenvalue weighted by molar-refractivity contribution is -0.0892. The van der Waals surface area contributed by atoms with Gasteiger partial charge in [-0.3, -0.25) is 4.79 Å². The zero-order chi connectivity index (χ0) is 21.5. The molecule has 9 nitrogen and oxygen atoms in total. The molecule has 0 aliphatic carbocycles. The van der Waals surface area contributed by atoms with Gasteiger partial charge in [-0.2, -0.15) is 0 Å². The summed E-state index contributed by atoms with van der Waals surface area (Å²) >= 11 is 0. The fourth-order valence-electron chi connectivity index (χ4n) is 3.52. The number of ether oxygens (including phenoxy) is 1. The van der Waals surface area contributed by atoms with Gasteiger partial charge in [0, 0.05) is 12.1 Å². The van der Waals surface area contributed by atoms with Crippen LogP contribution in [-0.2, 0) is 4.74 Å². The number of aliphatic hydroxyl groups excluding tert-OH is 1. The van der Waals surface area contributed by atoms with E-state index in [0.29, 0.717) is 42.1 Å². The highest BCUT2D eigenvalue weighted by atomic mass is 16.5. The number of aliphatic hydroxyl groups is 1. The first-order valence-corrected chi connectivity index (χ1v) is 10.1. The number of rotatable bonds is 7. The smallest absolute Gasteiger partial charge is 0.319 e. The zero-order valence-corrected chi connectivity index (χ0v) is 17.2. The number of nitrogens with one attached hydrogen (secondary N) is 3. The summed E-state index contributed by atoms with van der Waals surface area (Å²) in [6, 6.07) is 8.36. The van der Waals surface area contributed by atoms with Gasteiger partial charge in [-0.25, -0.2) is 4.79 Å². The van der Waals surface area contributed by atoms with Gasteiger partial charge in [0.1, 0.15) is 17.5 Å². The first kappa shape index (κ1) is 21.8. The molecule has 1 fully saturated rings. The number of nitrogens with zero attached hydrogens (tertiary/aromatic N) is 1. The van der Waals surface area contributed by atoms with E-state index < -0.39 is 6.10 Å². The van der Waals surface area contributed by atoms with Crippen molar-refractivity contribution in [3.63, 3.8) is 0 Å². The number of urea groups is 1. The summed E-state index contributed by atoms with van der Waals surface area (Å²) < 4.78 is 11.0. The lowest BCUT2D eigenvalue weighted by Gasteiger charge is -2.36. The molecule has 162 valence electrons. The molecule has 1 saturated heterocycles. The summed E-state index contributed by atoms with van der Waals surface area (Å²) in [5.41, 5.74) is 1.76. The van der Waals surface area contributed by atoms with Gasteiger partial charge < -0.3 is 30.3 Å². The molecule has 0 bridgehead atoms. The van der Waals surface area contributed by atoms with Crippen LogP contribution in [0.2, 0.25) is 0 Å². The summed E-state index contributed by atoms with van der Waals surface area (Å²) in [6.45, 7) is 3.72. The van der Waals surface area contributed by atoms with Crippen molar-refractivity contribution in [1.29, 1.82) is 0 Å². The van der Waals surface area contributed by atoms with Crippen molar-refractivity contribution in [3.05, 3.63) is 47.3 Å². The van der Waals surface area contributed by atoms with Crippen LogP contribution >= 0.6 is 0 Å². The van der Waals surface area contributed by atoms with Crippen molar-refractivity contribution in [2.75, 3.05) is 18.5 Å². The van der Waals surface area contributed by atoms with E-state index in [2.05, 4.69) is 21.1 Å². The number of hydrogen-bond acceptors (Lipinski definition) is 6. The second-order valence-corrected chi connectivity index (χ2v) is 7.37. The molecular formula is C21H28N4O5. The van der Waals surface area contributed by atoms with Crippen LogP contribution in [0.25, 0.3) is 0 Å². The minimum atomic E-state index is -0.479. The van der Waals surface area contributed by atoms with Gasteiger partial charge in [-0.05, 0) is 45.2 Å². The Kier molecular flexibility index (Phi) is 7.42. The molecule has 1 aliphatic heterocycles. The van der Waals surface area contributed by atoms with Gasteiger partial charge in [0.05, 0.1) is 18.8 Å². The lowest BCUT2D eigenvalue weighted by Crippen LogP contribution is -2.51. The third-order valence-corrected chi connectivity index (χ3v) is 5.17. The van der Waals surface area contributed by atoms with Crippen molar-refractivity contribution in [2.45, 2.75) is 51.4 Å². The maximum Gasteiger partial charge on any atom is 0.319 e. The van der Waals surface area contributed by atoms with Crippen LogP contribution in [0, 0.1) is 13.8 Å². The Hall–Kier alpha value is -2.91. The van der Waals surface area contributed by atoms with Crippen LogP contribution < -0.4 is 16.0 Å².